The van der Waals surface area contributed by atoms with Crippen LogP contribution in [-0.4, -0.2) is 20.5 Å². The van der Waals surface area contributed by atoms with Gasteiger partial charge in [-0.15, -0.1) is 0 Å². The Hall–Kier alpha value is -2.21. The van der Waals surface area contributed by atoms with Crippen molar-refractivity contribution in [3.63, 3.8) is 0 Å². The molecule has 0 fully saturated rings. The third-order valence-corrected chi connectivity index (χ3v) is 3.25. The van der Waals surface area contributed by atoms with E-state index < -0.39 is 0 Å². The van der Waals surface area contributed by atoms with E-state index in [9.17, 15) is 4.79 Å². The SMILES string of the molecule is Cc1cc(C(=O)Nc2ccc3cn[nH]c3c2)ns1. The second-order valence-electron chi connectivity index (χ2n) is 3.95. The lowest BCUT2D eigenvalue weighted by atomic mass is 10.2. The quantitative estimate of drug-likeness (QED) is 0.742. The molecule has 0 bridgehead atoms. The van der Waals surface area contributed by atoms with Crippen LogP contribution in [0.5, 0.6) is 0 Å². The maximum absolute atomic E-state index is 11.9. The standard InChI is InChI=1S/C12H10N4OS/c1-7-4-11(16-18-7)12(17)14-9-3-2-8-6-13-15-10(8)5-9/h2-6H,1H3,(H,13,15)(H,14,17). The number of H-pyrrole nitrogens is 1. The summed E-state index contributed by atoms with van der Waals surface area (Å²) in [7, 11) is 0. The molecule has 1 amide bonds. The maximum atomic E-state index is 11.9. The number of rotatable bonds is 2. The van der Waals surface area contributed by atoms with Crippen molar-refractivity contribution >= 4 is 34.0 Å². The highest BCUT2D eigenvalue weighted by atomic mass is 32.1. The van der Waals surface area contributed by atoms with Crippen molar-refractivity contribution in [1.82, 2.24) is 14.6 Å². The fraction of sp³-hybridized carbons (Fsp3) is 0.0833. The van der Waals surface area contributed by atoms with Gasteiger partial charge in [0.2, 0.25) is 0 Å². The van der Waals surface area contributed by atoms with Gasteiger partial charge in [0.15, 0.2) is 0 Å². The molecule has 2 aromatic heterocycles. The van der Waals surface area contributed by atoms with E-state index in [1.54, 1.807) is 12.3 Å². The van der Waals surface area contributed by atoms with Gasteiger partial charge < -0.3 is 5.32 Å². The Labute approximate surface area is 107 Å². The van der Waals surface area contributed by atoms with Crippen LogP contribution in [0.15, 0.2) is 30.5 Å². The molecule has 0 radical (unpaired) electrons. The average Bonchev–Trinajstić information content (AvgIpc) is 2.96. The van der Waals surface area contributed by atoms with Gasteiger partial charge in [0.25, 0.3) is 5.91 Å². The second-order valence-corrected chi connectivity index (χ2v) is 4.96. The summed E-state index contributed by atoms with van der Waals surface area (Å²) in [4.78, 5) is 12.9. The van der Waals surface area contributed by atoms with Crippen LogP contribution in [0.4, 0.5) is 5.69 Å². The molecule has 3 rings (SSSR count). The lowest BCUT2D eigenvalue weighted by Gasteiger charge is -2.02. The molecule has 0 spiro atoms. The van der Waals surface area contributed by atoms with Crippen LogP contribution in [0.2, 0.25) is 0 Å². The minimum atomic E-state index is -0.196. The van der Waals surface area contributed by atoms with E-state index in [1.807, 2.05) is 25.1 Å². The number of aromatic amines is 1. The highest BCUT2D eigenvalue weighted by Gasteiger charge is 2.10. The van der Waals surface area contributed by atoms with Crippen molar-refractivity contribution < 1.29 is 4.79 Å². The molecule has 90 valence electrons. The monoisotopic (exact) mass is 258 g/mol. The van der Waals surface area contributed by atoms with Crippen molar-refractivity contribution in [3.05, 3.63) is 41.0 Å². The smallest absolute Gasteiger partial charge is 0.275 e. The van der Waals surface area contributed by atoms with Gasteiger partial charge in [0.1, 0.15) is 5.69 Å². The Balaban J connectivity index is 1.85. The Kier molecular flexibility index (Phi) is 2.56. The number of benzene rings is 1. The molecule has 18 heavy (non-hydrogen) atoms. The summed E-state index contributed by atoms with van der Waals surface area (Å²) in [6.07, 6.45) is 1.74. The number of nitrogens with zero attached hydrogens (tertiary/aromatic N) is 2. The van der Waals surface area contributed by atoms with E-state index in [1.165, 1.54) is 11.5 Å². The number of fused-ring (bicyclic) bond motifs is 1. The molecule has 3 aromatic rings. The molecule has 0 saturated carbocycles. The lowest BCUT2D eigenvalue weighted by molar-refractivity contribution is 0.102. The van der Waals surface area contributed by atoms with Gasteiger partial charge in [-0.05, 0) is 42.7 Å². The number of carbonyl (C=O) groups is 1. The number of anilines is 1. The number of hydrogen-bond donors (Lipinski definition) is 2. The number of amides is 1. The van der Waals surface area contributed by atoms with Crippen LogP contribution in [-0.2, 0) is 0 Å². The van der Waals surface area contributed by atoms with Crippen molar-refractivity contribution in [2.75, 3.05) is 5.32 Å². The molecular weight excluding hydrogens is 248 g/mol. The third kappa shape index (κ3) is 1.98. The lowest BCUT2D eigenvalue weighted by Crippen LogP contribution is -2.11. The topological polar surface area (TPSA) is 70.7 Å². The number of aromatic nitrogens is 3. The number of aryl methyl sites for hydroxylation is 1. The first kappa shape index (κ1) is 10.9. The van der Waals surface area contributed by atoms with Gasteiger partial charge in [0, 0.05) is 16.0 Å². The fourth-order valence-electron chi connectivity index (χ4n) is 1.68. The highest BCUT2D eigenvalue weighted by molar-refractivity contribution is 7.05. The zero-order valence-electron chi connectivity index (χ0n) is 9.60. The summed E-state index contributed by atoms with van der Waals surface area (Å²) >= 11 is 1.32. The fourth-order valence-corrected chi connectivity index (χ4v) is 2.23. The normalized spacial score (nSPS) is 10.7. The molecule has 0 aliphatic carbocycles. The molecular formula is C12H10N4OS. The van der Waals surface area contributed by atoms with E-state index in [0.717, 1.165) is 21.5 Å². The Morgan fingerprint density at radius 1 is 1.39 bits per heavy atom. The summed E-state index contributed by atoms with van der Waals surface area (Å²) in [6.45, 7) is 1.92. The molecule has 0 unspecified atom stereocenters. The summed E-state index contributed by atoms with van der Waals surface area (Å²) in [5.74, 6) is -0.196. The number of nitrogens with one attached hydrogen (secondary N) is 2. The molecule has 0 saturated heterocycles. The van der Waals surface area contributed by atoms with Crippen molar-refractivity contribution in [2.45, 2.75) is 6.92 Å². The van der Waals surface area contributed by atoms with E-state index in [-0.39, 0.29) is 5.91 Å². The Morgan fingerprint density at radius 2 is 2.28 bits per heavy atom. The third-order valence-electron chi connectivity index (χ3n) is 2.56. The van der Waals surface area contributed by atoms with E-state index >= 15 is 0 Å². The molecule has 6 heteroatoms. The predicted molar refractivity (Wildman–Crippen MR) is 70.9 cm³/mol. The molecule has 2 heterocycles. The van der Waals surface area contributed by atoms with Crippen LogP contribution in [0.1, 0.15) is 15.4 Å². The Bertz CT molecular complexity index is 716. The van der Waals surface area contributed by atoms with E-state index in [0.29, 0.717) is 5.69 Å². The maximum Gasteiger partial charge on any atom is 0.275 e. The number of carbonyl (C=O) groups excluding carboxylic acids is 1. The summed E-state index contributed by atoms with van der Waals surface area (Å²) in [5, 5.41) is 10.6. The predicted octanol–water partition coefficient (Wildman–Crippen LogP) is 2.58. The average molecular weight is 258 g/mol. The first-order valence-electron chi connectivity index (χ1n) is 5.40. The molecule has 0 aliphatic heterocycles. The van der Waals surface area contributed by atoms with Gasteiger partial charge >= 0.3 is 0 Å². The van der Waals surface area contributed by atoms with Crippen LogP contribution < -0.4 is 5.32 Å². The second kappa shape index (κ2) is 4.23. The zero-order chi connectivity index (χ0) is 12.5. The summed E-state index contributed by atoms with van der Waals surface area (Å²) in [5.41, 5.74) is 2.06. The number of hydrogen-bond acceptors (Lipinski definition) is 4. The van der Waals surface area contributed by atoms with Crippen molar-refractivity contribution in [3.8, 4) is 0 Å². The van der Waals surface area contributed by atoms with Gasteiger partial charge in [-0.3, -0.25) is 9.89 Å². The molecule has 5 nitrogen and oxygen atoms in total. The van der Waals surface area contributed by atoms with Gasteiger partial charge in [-0.2, -0.15) is 9.47 Å². The van der Waals surface area contributed by atoms with E-state index in [2.05, 4.69) is 19.9 Å². The van der Waals surface area contributed by atoms with Crippen LogP contribution in [0, 0.1) is 6.92 Å². The molecule has 0 aliphatic rings. The van der Waals surface area contributed by atoms with Gasteiger partial charge in [-0.25, -0.2) is 0 Å². The van der Waals surface area contributed by atoms with Crippen molar-refractivity contribution in [1.29, 1.82) is 0 Å². The molecule has 0 atom stereocenters. The van der Waals surface area contributed by atoms with Crippen LogP contribution in [0.3, 0.4) is 0 Å². The molecule has 2 N–H and O–H groups in total. The van der Waals surface area contributed by atoms with E-state index in [4.69, 9.17) is 0 Å². The highest BCUT2D eigenvalue weighted by Crippen LogP contribution is 2.17. The minimum Gasteiger partial charge on any atom is -0.321 e. The Morgan fingerprint density at radius 3 is 3.06 bits per heavy atom. The first-order chi connectivity index (χ1) is 8.72. The largest absolute Gasteiger partial charge is 0.321 e. The van der Waals surface area contributed by atoms with Crippen LogP contribution >= 0.6 is 11.5 Å². The first-order valence-corrected chi connectivity index (χ1v) is 6.17. The molecule has 1 aromatic carbocycles. The van der Waals surface area contributed by atoms with Gasteiger partial charge in [0.05, 0.1) is 11.7 Å². The summed E-state index contributed by atoms with van der Waals surface area (Å²) in [6, 6.07) is 7.36. The van der Waals surface area contributed by atoms with Gasteiger partial charge in [-0.1, -0.05) is 0 Å². The summed E-state index contributed by atoms with van der Waals surface area (Å²) < 4.78 is 4.07. The van der Waals surface area contributed by atoms with Crippen molar-refractivity contribution in [2.24, 2.45) is 0 Å². The zero-order valence-corrected chi connectivity index (χ0v) is 10.4. The minimum absolute atomic E-state index is 0.196. The van der Waals surface area contributed by atoms with Crippen LogP contribution in [0.25, 0.3) is 10.9 Å².